The molecule has 0 bridgehead atoms. The van der Waals surface area contributed by atoms with Crippen molar-refractivity contribution in [2.75, 3.05) is 0 Å². The molecular formula is C16H16ClF2N. The molecule has 0 saturated heterocycles. The van der Waals surface area contributed by atoms with Gasteiger partial charge in [-0.2, -0.15) is 0 Å². The topological polar surface area (TPSA) is 12.0 Å². The van der Waals surface area contributed by atoms with Gasteiger partial charge in [-0.25, -0.2) is 8.78 Å². The minimum Gasteiger partial charge on any atom is -0.306 e. The molecular weight excluding hydrogens is 280 g/mol. The van der Waals surface area contributed by atoms with E-state index >= 15 is 0 Å². The van der Waals surface area contributed by atoms with E-state index in [1.54, 1.807) is 0 Å². The average molecular weight is 296 g/mol. The van der Waals surface area contributed by atoms with Gasteiger partial charge < -0.3 is 5.32 Å². The molecule has 0 spiro atoms. The molecule has 1 unspecified atom stereocenters. The third-order valence-electron chi connectivity index (χ3n) is 3.16. The number of nitrogens with one attached hydrogen (secondary N) is 1. The van der Waals surface area contributed by atoms with E-state index < -0.39 is 11.6 Å². The smallest absolute Gasteiger partial charge is 0.126 e. The van der Waals surface area contributed by atoms with Crippen molar-refractivity contribution in [2.24, 2.45) is 0 Å². The molecule has 0 heterocycles. The maximum absolute atomic E-state index is 13.1. The Morgan fingerprint density at radius 1 is 1.05 bits per heavy atom. The van der Waals surface area contributed by atoms with Gasteiger partial charge in [0.2, 0.25) is 0 Å². The van der Waals surface area contributed by atoms with Gasteiger partial charge in [0.15, 0.2) is 0 Å². The fourth-order valence-electron chi connectivity index (χ4n) is 2.15. The highest BCUT2D eigenvalue weighted by atomic mass is 35.5. The molecule has 2 rings (SSSR count). The largest absolute Gasteiger partial charge is 0.306 e. The van der Waals surface area contributed by atoms with Crippen molar-refractivity contribution in [3.63, 3.8) is 0 Å². The van der Waals surface area contributed by atoms with E-state index in [9.17, 15) is 8.78 Å². The highest BCUT2D eigenvalue weighted by Gasteiger charge is 2.09. The number of rotatable bonds is 5. The minimum atomic E-state index is -0.554. The van der Waals surface area contributed by atoms with Crippen LogP contribution >= 0.6 is 11.6 Å². The Bertz CT molecular complexity index is 549. The Morgan fingerprint density at radius 2 is 1.65 bits per heavy atom. The molecule has 1 atom stereocenters. The first-order chi connectivity index (χ1) is 9.58. The molecule has 20 heavy (non-hydrogen) atoms. The second-order valence-electron chi connectivity index (χ2n) is 4.67. The van der Waals surface area contributed by atoms with Gasteiger partial charge in [-0.05, 0) is 41.8 Å². The molecule has 0 radical (unpaired) electrons. The number of halogens is 3. The van der Waals surface area contributed by atoms with E-state index in [0.29, 0.717) is 17.1 Å². The highest BCUT2D eigenvalue weighted by Crippen LogP contribution is 2.20. The lowest BCUT2D eigenvalue weighted by atomic mass is 10.0. The van der Waals surface area contributed by atoms with E-state index in [1.807, 2.05) is 24.3 Å². The normalized spacial score (nSPS) is 12.4. The molecule has 1 nitrogen and oxygen atoms in total. The van der Waals surface area contributed by atoms with E-state index in [2.05, 4.69) is 12.2 Å². The van der Waals surface area contributed by atoms with Crippen LogP contribution in [0.1, 0.15) is 30.5 Å². The Labute approximate surface area is 122 Å². The molecule has 2 aromatic rings. The van der Waals surface area contributed by atoms with Crippen LogP contribution in [-0.2, 0) is 6.54 Å². The number of hydrogen-bond donors (Lipinski definition) is 1. The monoisotopic (exact) mass is 295 g/mol. The van der Waals surface area contributed by atoms with Crippen LogP contribution in [0.4, 0.5) is 8.78 Å². The summed E-state index contributed by atoms with van der Waals surface area (Å²) in [6.45, 7) is 2.47. The van der Waals surface area contributed by atoms with Gasteiger partial charge in [0.25, 0.3) is 0 Å². The van der Waals surface area contributed by atoms with E-state index in [-0.39, 0.29) is 6.04 Å². The molecule has 0 aromatic heterocycles. The Morgan fingerprint density at radius 3 is 2.20 bits per heavy atom. The summed E-state index contributed by atoms with van der Waals surface area (Å²) in [6.07, 6.45) is 0.874. The number of hydrogen-bond acceptors (Lipinski definition) is 1. The van der Waals surface area contributed by atoms with Crippen LogP contribution in [0.25, 0.3) is 0 Å². The van der Waals surface area contributed by atoms with Crippen LogP contribution < -0.4 is 5.32 Å². The molecule has 1 N–H and O–H groups in total. The third kappa shape index (κ3) is 4.02. The summed E-state index contributed by atoms with van der Waals surface area (Å²) in [4.78, 5) is 0. The predicted molar refractivity (Wildman–Crippen MR) is 77.7 cm³/mol. The molecule has 0 aliphatic heterocycles. The summed E-state index contributed by atoms with van der Waals surface area (Å²) >= 11 is 5.86. The molecule has 2 aromatic carbocycles. The van der Waals surface area contributed by atoms with Gasteiger partial charge in [-0.1, -0.05) is 30.7 Å². The first-order valence-corrected chi connectivity index (χ1v) is 6.90. The first kappa shape index (κ1) is 14.9. The zero-order chi connectivity index (χ0) is 14.5. The van der Waals surface area contributed by atoms with Gasteiger partial charge in [0, 0.05) is 23.7 Å². The van der Waals surface area contributed by atoms with Crippen LogP contribution in [0.3, 0.4) is 0 Å². The molecule has 0 saturated carbocycles. The molecule has 106 valence electrons. The van der Waals surface area contributed by atoms with Gasteiger partial charge in [-0.15, -0.1) is 0 Å². The van der Waals surface area contributed by atoms with Gasteiger partial charge >= 0.3 is 0 Å². The Kier molecular flexibility index (Phi) is 5.10. The second kappa shape index (κ2) is 6.82. The van der Waals surface area contributed by atoms with Crippen molar-refractivity contribution in [3.8, 4) is 0 Å². The fourth-order valence-corrected chi connectivity index (χ4v) is 2.27. The van der Waals surface area contributed by atoms with Crippen molar-refractivity contribution in [2.45, 2.75) is 25.9 Å². The average Bonchev–Trinajstić information content (AvgIpc) is 2.40. The lowest BCUT2D eigenvalue weighted by Crippen LogP contribution is -2.20. The van der Waals surface area contributed by atoms with Crippen LogP contribution in [0, 0.1) is 11.6 Å². The van der Waals surface area contributed by atoms with E-state index in [1.165, 1.54) is 12.1 Å². The third-order valence-corrected chi connectivity index (χ3v) is 3.41. The fraction of sp³-hybridized carbons (Fsp3) is 0.250. The lowest BCUT2D eigenvalue weighted by Gasteiger charge is -2.17. The number of benzene rings is 2. The Hall–Kier alpha value is -1.45. The first-order valence-electron chi connectivity index (χ1n) is 6.52. The van der Waals surface area contributed by atoms with Gasteiger partial charge in [0.05, 0.1) is 0 Å². The summed E-state index contributed by atoms with van der Waals surface area (Å²) in [5.41, 5.74) is 1.70. The zero-order valence-electron chi connectivity index (χ0n) is 11.2. The second-order valence-corrected chi connectivity index (χ2v) is 5.11. The highest BCUT2D eigenvalue weighted by molar-refractivity contribution is 6.30. The quantitative estimate of drug-likeness (QED) is 0.830. The molecule has 4 heteroatoms. The standard InChI is InChI=1S/C16H16ClF2N/c1-2-16(12-3-5-13(17)6-4-12)20-10-11-7-14(18)9-15(19)8-11/h3-9,16,20H,2,10H2,1H3. The summed E-state index contributed by atoms with van der Waals surface area (Å²) < 4.78 is 26.2. The Balaban J connectivity index is 2.05. The summed E-state index contributed by atoms with van der Waals surface area (Å²) in [7, 11) is 0. The van der Waals surface area contributed by atoms with E-state index in [4.69, 9.17) is 11.6 Å². The van der Waals surface area contributed by atoms with Crippen molar-refractivity contribution in [1.82, 2.24) is 5.32 Å². The zero-order valence-corrected chi connectivity index (χ0v) is 11.9. The lowest BCUT2D eigenvalue weighted by molar-refractivity contribution is 0.513. The molecule has 0 fully saturated rings. The predicted octanol–water partition coefficient (Wildman–Crippen LogP) is 4.86. The summed E-state index contributed by atoms with van der Waals surface area (Å²) in [5.74, 6) is -1.11. The maximum Gasteiger partial charge on any atom is 0.126 e. The van der Waals surface area contributed by atoms with Gasteiger partial charge in [-0.3, -0.25) is 0 Å². The summed E-state index contributed by atoms with van der Waals surface area (Å²) in [5, 5.41) is 3.99. The molecule has 0 aliphatic carbocycles. The molecule has 0 aliphatic rings. The van der Waals surface area contributed by atoms with Crippen LogP contribution in [-0.4, -0.2) is 0 Å². The summed E-state index contributed by atoms with van der Waals surface area (Å²) in [6, 6.07) is 11.3. The van der Waals surface area contributed by atoms with Crippen molar-refractivity contribution < 1.29 is 8.78 Å². The van der Waals surface area contributed by atoms with Crippen LogP contribution in [0.2, 0.25) is 5.02 Å². The van der Waals surface area contributed by atoms with Gasteiger partial charge in [0.1, 0.15) is 11.6 Å². The molecule has 0 amide bonds. The van der Waals surface area contributed by atoms with Crippen LogP contribution in [0.15, 0.2) is 42.5 Å². The van der Waals surface area contributed by atoms with Crippen LogP contribution in [0.5, 0.6) is 0 Å². The maximum atomic E-state index is 13.1. The van der Waals surface area contributed by atoms with Crippen molar-refractivity contribution in [1.29, 1.82) is 0 Å². The SMILES string of the molecule is CCC(NCc1cc(F)cc(F)c1)c1ccc(Cl)cc1. The van der Waals surface area contributed by atoms with Crippen molar-refractivity contribution in [3.05, 3.63) is 70.2 Å². The van der Waals surface area contributed by atoms with E-state index in [0.717, 1.165) is 18.1 Å². The van der Waals surface area contributed by atoms with Crippen molar-refractivity contribution >= 4 is 11.6 Å². The minimum absolute atomic E-state index is 0.124.